The van der Waals surface area contributed by atoms with Crippen molar-refractivity contribution in [2.45, 2.75) is 65.2 Å². The summed E-state index contributed by atoms with van der Waals surface area (Å²) in [5, 5.41) is 1.56. The van der Waals surface area contributed by atoms with Crippen LogP contribution in [-0.2, 0) is 12.8 Å². The molecule has 4 rings (SSSR count). The average molecular weight is 487 g/mol. The number of unbranched alkanes of at least 4 members (excludes halogenated alkanes) is 4. The van der Waals surface area contributed by atoms with Crippen LogP contribution in [0.5, 0.6) is 0 Å². The van der Waals surface area contributed by atoms with Gasteiger partial charge in [-0.05, 0) is 90.7 Å². The van der Waals surface area contributed by atoms with E-state index < -0.39 is 0 Å². The fourth-order valence-electron chi connectivity index (χ4n) is 4.41. The number of halogens is 1. The number of fused-ring (bicyclic) bond motifs is 1. The minimum absolute atomic E-state index is 0.0968. The molecular weight excluding hydrogens is 451 g/mol. The molecule has 0 amide bonds. The lowest BCUT2D eigenvalue weighted by molar-refractivity contribution is 0.614. The molecule has 0 saturated carbocycles. The van der Waals surface area contributed by atoms with Crippen molar-refractivity contribution in [3.8, 4) is 23.7 Å². The Hall–Kier alpha value is -3.81. The third-order valence-electron chi connectivity index (χ3n) is 6.69. The van der Waals surface area contributed by atoms with Crippen LogP contribution >= 0.6 is 0 Å². The molecule has 0 aliphatic carbocycles. The van der Waals surface area contributed by atoms with Gasteiger partial charge in [0, 0.05) is 27.6 Å². The Bertz CT molecular complexity index is 1440. The first-order valence-corrected chi connectivity index (χ1v) is 13.6. The number of hydrogen-bond acceptors (Lipinski definition) is 0. The monoisotopic (exact) mass is 486 g/mol. The van der Waals surface area contributed by atoms with Gasteiger partial charge in [-0.2, -0.15) is 0 Å². The van der Waals surface area contributed by atoms with E-state index in [2.05, 4.69) is 61.8 Å². The standard InChI is InChI=1S/C36H35F/c1-3-5-7-8-9-28-11-13-29(14-12-28)15-16-30-17-19-31(20-18-30)21-22-32-23-26-35-34(27-32)25-24-33(36(35)37)10-6-4-2/h11-14,17-20,23-27H,3-10H2,1-2H3. The average Bonchev–Trinajstić information content (AvgIpc) is 2.94. The van der Waals surface area contributed by atoms with Gasteiger partial charge in [-0.15, -0.1) is 0 Å². The highest BCUT2D eigenvalue weighted by Gasteiger charge is 2.07. The summed E-state index contributed by atoms with van der Waals surface area (Å²) in [7, 11) is 0. The number of aryl methyl sites for hydroxylation is 2. The van der Waals surface area contributed by atoms with Crippen LogP contribution in [0.3, 0.4) is 0 Å². The highest BCUT2D eigenvalue weighted by Crippen LogP contribution is 2.23. The maximum atomic E-state index is 14.8. The summed E-state index contributed by atoms with van der Waals surface area (Å²) in [4.78, 5) is 0. The van der Waals surface area contributed by atoms with E-state index in [1.165, 1.54) is 31.2 Å². The summed E-state index contributed by atoms with van der Waals surface area (Å²) >= 11 is 0. The second-order valence-electron chi connectivity index (χ2n) is 9.66. The summed E-state index contributed by atoms with van der Waals surface area (Å²) in [6, 6.07) is 26.3. The Labute approximate surface area is 222 Å². The van der Waals surface area contributed by atoms with Gasteiger partial charge in [0.05, 0.1) is 0 Å². The first-order chi connectivity index (χ1) is 18.2. The molecule has 0 aliphatic heterocycles. The molecule has 4 aromatic carbocycles. The van der Waals surface area contributed by atoms with Gasteiger partial charge in [0.15, 0.2) is 0 Å². The van der Waals surface area contributed by atoms with Gasteiger partial charge in [0.25, 0.3) is 0 Å². The van der Waals surface area contributed by atoms with E-state index in [1.54, 1.807) is 0 Å². The molecule has 0 fully saturated rings. The third-order valence-corrected chi connectivity index (χ3v) is 6.69. The molecule has 0 bridgehead atoms. The summed E-state index contributed by atoms with van der Waals surface area (Å²) in [5.41, 5.74) is 6.00. The van der Waals surface area contributed by atoms with Gasteiger partial charge in [0.2, 0.25) is 0 Å². The minimum atomic E-state index is -0.0968. The Kier molecular flexibility index (Phi) is 9.57. The second kappa shape index (κ2) is 13.5. The highest BCUT2D eigenvalue weighted by atomic mass is 19.1. The topological polar surface area (TPSA) is 0 Å². The van der Waals surface area contributed by atoms with Crippen LogP contribution in [0.2, 0.25) is 0 Å². The lowest BCUT2D eigenvalue weighted by Crippen LogP contribution is -1.92. The fourth-order valence-corrected chi connectivity index (χ4v) is 4.41. The third kappa shape index (κ3) is 7.59. The van der Waals surface area contributed by atoms with Crippen LogP contribution in [0.4, 0.5) is 4.39 Å². The van der Waals surface area contributed by atoms with Gasteiger partial charge in [-0.3, -0.25) is 0 Å². The molecule has 0 atom stereocenters. The SMILES string of the molecule is CCCCCCc1ccc(C#Cc2ccc(C#Cc3ccc4c(F)c(CCCC)ccc4c3)cc2)cc1. The van der Waals surface area contributed by atoms with E-state index in [9.17, 15) is 4.39 Å². The molecular formula is C36H35F. The molecule has 0 N–H and O–H groups in total. The Morgan fingerprint density at radius 1 is 0.541 bits per heavy atom. The van der Waals surface area contributed by atoms with Crippen LogP contribution in [0.1, 0.15) is 85.8 Å². The Balaban J connectivity index is 1.38. The lowest BCUT2D eigenvalue weighted by atomic mass is 10.0. The first-order valence-electron chi connectivity index (χ1n) is 13.6. The van der Waals surface area contributed by atoms with Crippen LogP contribution in [0, 0.1) is 29.5 Å². The predicted octanol–water partition coefficient (Wildman–Crippen LogP) is 9.24. The van der Waals surface area contributed by atoms with E-state index in [0.29, 0.717) is 5.39 Å². The highest BCUT2D eigenvalue weighted by molar-refractivity contribution is 5.85. The predicted molar refractivity (Wildman–Crippen MR) is 155 cm³/mol. The largest absolute Gasteiger partial charge is 0.206 e. The van der Waals surface area contributed by atoms with Crippen molar-refractivity contribution in [2.24, 2.45) is 0 Å². The maximum Gasteiger partial charge on any atom is 0.134 e. The quantitative estimate of drug-likeness (QED) is 0.172. The van der Waals surface area contributed by atoms with Gasteiger partial charge in [0.1, 0.15) is 5.82 Å². The van der Waals surface area contributed by atoms with E-state index in [1.807, 2.05) is 54.6 Å². The van der Waals surface area contributed by atoms with Crippen molar-refractivity contribution in [1.29, 1.82) is 0 Å². The number of benzene rings is 4. The van der Waals surface area contributed by atoms with Gasteiger partial charge >= 0.3 is 0 Å². The summed E-state index contributed by atoms with van der Waals surface area (Å²) in [6.07, 6.45) is 9.15. The normalized spacial score (nSPS) is 10.5. The van der Waals surface area contributed by atoms with Gasteiger partial charge in [-0.25, -0.2) is 4.39 Å². The zero-order valence-electron chi connectivity index (χ0n) is 22.0. The van der Waals surface area contributed by atoms with E-state index >= 15 is 0 Å². The molecule has 0 heterocycles. The Morgan fingerprint density at radius 3 is 1.73 bits per heavy atom. The van der Waals surface area contributed by atoms with Crippen molar-refractivity contribution < 1.29 is 4.39 Å². The Morgan fingerprint density at radius 2 is 1.11 bits per heavy atom. The lowest BCUT2D eigenvalue weighted by Gasteiger charge is -2.06. The number of hydrogen-bond donors (Lipinski definition) is 0. The van der Waals surface area contributed by atoms with E-state index in [4.69, 9.17) is 0 Å². The second-order valence-corrected chi connectivity index (χ2v) is 9.66. The molecule has 4 aromatic rings. The smallest absolute Gasteiger partial charge is 0.134 e. The molecule has 1 heteroatoms. The van der Waals surface area contributed by atoms with Crippen LogP contribution in [0.15, 0.2) is 78.9 Å². The summed E-state index contributed by atoms with van der Waals surface area (Å²) in [5.74, 6) is 12.9. The van der Waals surface area contributed by atoms with Crippen LogP contribution < -0.4 is 0 Å². The number of rotatable bonds is 8. The molecule has 0 nitrogen and oxygen atoms in total. The fraction of sp³-hybridized carbons (Fsp3) is 0.278. The molecule has 0 saturated heterocycles. The first kappa shape index (κ1) is 26.3. The van der Waals surface area contributed by atoms with Crippen molar-refractivity contribution in [3.63, 3.8) is 0 Å². The van der Waals surface area contributed by atoms with E-state index in [-0.39, 0.29) is 5.82 Å². The molecule has 0 aromatic heterocycles. The molecule has 0 aliphatic rings. The molecule has 0 unspecified atom stereocenters. The van der Waals surface area contributed by atoms with Crippen molar-refractivity contribution in [2.75, 3.05) is 0 Å². The molecule has 0 spiro atoms. The zero-order valence-corrected chi connectivity index (χ0v) is 22.0. The van der Waals surface area contributed by atoms with Gasteiger partial charge in [-0.1, -0.05) is 93.5 Å². The molecule has 186 valence electrons. The maximum absolute atomic E-state index is 14.8. The summed E-state index contributed by atoms with van der Waals surface area (Å²) < 4.78 is 14.8. The minimum Gasteiger partial charge on any atom is -0.206 e. The molecule has 0 radical (unpaired) electrons. The van der Waals surface area contributed by atoms with Gasteiger partial charge < -0.3 is 0 Å². The van der Waals surface area contributed by atoms with Crippen LogP contribution in [-0.4, -0.2) is 0 Å². The molecule has 37 heavy (non-hydrogen) atoms. The van der Waals surface area contributed by atoms with Crippen molar-refractivity contribution >= 4 is 10.8 Å². The van der Waals surface area contributed by atoms with Crippen molar-refractivity contribution in [3.05, 3.63) is 118 Å². The van der Waals surface area contributed by atoms with Crippen LogP contribution in [0.25, 0.3) is 10.8 Å². The van der Waals surface area contributed by atoms with Crippen molar-refractivity contribution in [1.82, 2.24) is 0 Å². The summed E-state index contributed by atoms with van der Waals surface area (Å²) in [6.45, 7) is 4.37. The van der Waals surface area contributed by atoms with E-state index in [0.717, 1.165) is 58.9 Å². The zero-order chi connectivity index (χ0) is 25.9.